The Kier molecular flexibility index (Phi) is 3.86. The second kappa shape index (κ2) is 5.16. The van der Waals surface area contributed by atoms with Crippen molar-refractivity contribution in [3.63, 3.8) is 0 Å². The molecule has 0 saturated heterocycles. The zero-order valence-corrected chi connectivity index (χ0v) is 12.0. The molecule has 1 N–H and O–H groups in total. The first kappa shape index (κ1) is 15.0. The van der Waals surface area contributed by atoms with Crippen LogP contribution in [0.25, 0.3) is 0 Å². The summed E-state index contributed by atoms with van der Waals surface area (Å²) in [5.74, 6) is -1.54. The molecule has 0 aromatic heterocycles. The van der Waals surface area contributed by atoms with E-state index in [1.165, 1.54) is 0 Å². The molecule has 1 fully saturated rings. The van der Waals surface area contributed by atoms with E-state index in [-0.39, 0.29) is 17.7 Å². The molecule has 4 nitrogen and oxygen atoms in total. The minimum atomic E-state index is -4.03. The fraction of sp³-hybridized carbons (Fsp3) is 0.500. The van der Waals surface area contributed by atoms with Crippen LogP contribution in [0.4, 0.5) is 4.39 Å². The van der Waals surface area contributed by atoms with Gasteiger partial charge in [0.05, 0.1) is 4.90 Å². The third kappa shape index (κ3) is 2.32. The van der Waals surface area contributed by atoms with Crippen molar-refractivity contribution in [1.29, 1.82) is 0 Å². The van der Waals surface area contributed by atoms with Gasteiger partial charge in [-0.25, -0.2) is 12.8 Å². The Hall–Kier alpha value is -1.43. The second-order valence-electron chi connectivity index (χ2n) is 5.44. The highest BCUT2D eigenvalue weighted by molar-refractivity contribution is 7.93. The van der Waals surface area contributed by atoms with Crippen LogP contribution in [0.1, 0.15) is 32.6 Å². The average molecular weight is 300 g/mol. The van der Waals surface area contributed by atoms with Gasteiger partial charge in [-0.2, -0.15) is 0 Å². The fourth-order valence-electron chi connectivity index (χ4n) is 2.67. The van der Waals surface area contributed by atoms with Crippen molar-refractivity contribution >= 4 is 15.8 Å². The zero-order valence-electron chi connectivity index (χ0n) is 11.2. The summed E-state index contributed by atoms with van der Waals surface area (Å²) in [6, 6.07) is 4.34. The first-order chi connectivity index (χ1) is 9.29. The Morgan fingerprint density at radius 2 is 1.75 bits per heavy atom. The zero-order chi connectivity index (χ0) is 15.0. The summed E-state index contributed by atoms with van der Waals surface area (Å²) < 4.78 is 36.5. The number of carboxylic acids is 1. The van der Waals surface area contributed by atoms with Gasteiger partial charge in [0, 0.05) is 0 Å². The number of carboxylic acid groups (broad SMARTS) is 1. The molecule has 2 rings (SSSR count). The molecular weight excluding hydrogens is 283 g/mol. The number of benzene rings is 1. The number of rotatable bonds is 3. The largest absolute Gasteiger partial charge is 0.480 e. The van der Waals surface area contributed by atoms with E-state index in [4.69, 9.17) is 0 Å². The molecule has 0 amide bonds. The van der Waals surface area contributed by atoms with Gasteiger partial charge in [0.15, 0.2) is 14.6 Å². The number of hydrogen-bond donors (Lipinski definition) is 1. The molecular formula is C14H17FO4S. The van der Waals surface area contributed by atoms with Crippen LogP contribution in [0.5, 0.6) is 0 Å². The molecule has 0 spiro atoms. The van der Waals surface area contributed by atoms with Crippen molar-refractivity contribution in [2.75, 3.05) is 0 Å². The van der Waals surface area contributed by atoms with Gasteiger partial charge in [-0.3, -0.25) is 4.79 Å². The van der Waals surface area contributed by atoms with Gasteiger partial charge in [-0.05, 0) is 55.9 Å². The van der Waals surface area contributed by atoms with E-state index < -0.39 is 26.4 Å². The molecule has 1 aromatic carbocycles. The quantitative estimate of drug-likeness (QED) is 0.871. The van der Waals surface area contributed by atoms with E-state index in [1.807, 2.05) is 6.92 Å². The minimum Gasteiger partial charge on any atom is -0.480 e. The molecule has 0 atom stereocenters. The lowest BCUT2D eigenvalue weighted by Gasteiger charge is -2.35. The summed E-state index contributed by atoms with van der Waals surface area (Å²) in [4.78, 5) is 11.5. The first-order valence-electron chi connectivity index (χ1n) is 6.53. The van der Waals surface area contributed by atoms with Crippen LogP contribution in [0.3, 0.4) is 0 Å². The summed E-state index contributed by atoms with van der Waals surface area (Å²) in [6.07, 6.45) is 1.33. The molecule has 0 aliphatic heterocycles. The van der Waals surface area contributed by atoms with Gasteiger partial charge in [-0.15, -0.1) is 0 Å². The molecule has 1 aliphatic carbocycles. The number of carbonyl (C=O) groups is 1. The van der Waals surface area contributed by atoms with Crippen LogP contribution < -0.4 is 0 Å². The van der Waals surface area contributed by atoms with Crippen LogP contribution in [-0.2, 0) is 14.6 Å². The molecule has 20 heavy (non-hydrogen) atoms. The van der Waals surface area contributed by atoms with Gasteiger partial charge in [0.1, 0.15) is 5.82 Å². The standard InChI is InChI=1S/C14H17FO4S/c1-10-6-8-14(9-7-10,13(16)17)20(18,19)12-4-2-11(15)3-5-12/h2-5,10H,6-9H2,1H3,(H,16,17). The Labute approximate surface area is 117 Å². The van der Waals surface area contributed by atoms with E-state index in [2.05, 4.69) is 0 Å². The van der Waals surface area contributed by atoms with Crippen LogP contribution in [0.15, 0.2) is 29.2 Å². The topological polar surface area (TPSA) is 71.4 Å². The average Bonchev–Trinajstić information content (AvgIpc) is 2.39. The van der Waals surface area contributed by atoms with Crippen molar-refractivity contribution in [1.82, 2.24) is 0 Å². The fourth-order valence-corrected chi connectivity index (χ4v) is 4.61. The SMILES string of the molecule is CC1CCC(C(=O)O)(S(=O)(=O)c2ccc(F)cc2)CC1. The van der Waals surface area contributed by atoms with E-state index in [9.17, 15) is 22.7 Å². The summed E-state index contributed by atoms with van der Waals surface area (Å²) in [5, 5.41) is 9.47. The molecule has 110 valence electrons. The molecule has 0 heterocycles. The highest BCUT2D eigenvalue weighted by Crippen LogP contribution is 2.41. The maximum Gasteiger partial charge on any atom is 0.325 e. The third-order valence-corrected chi connectivity index (χ3v) is 6.61. The van der Waals surface area contributed by atoms with Gasteiger partial charge < -0.3 is 5.11 Å². The number of halogens is 1. The Balaban J connectivity index is 2.48. The Morgan fingerprint density at radius 3 is 2.20 bits per heavy atom. The highest BCUT2D eigenvalue weighted by Gasteiger charge is 2.52. The molecule has 0 unspecified atom stereocenters. The molecule has 1 aliphatic rings. The van der Waals surface area contributed by atoms with Gasteiger partial charge in [0.25, 0.3) is 0 Å². The Bertz CT molecular complexity index is 599. The Morgan fingerprint density at radius 1 is 1.25 bits per heavy atom. The van der Waals surface area contributed by atoms with Crippen molar-refractivity contribution < 1.29 is 22.7 Å². The summed E-state index contributed by atoms with van der Waals surface area (Å²) in [6.45, 7) is 1.98. The summed E-state index contributed by atoms with van der Waals surface area (Å²) in [7, 11) is -4.03. The van der Waals surface area contributed by atoms with Crippen LogP contribution in [-0.4, -0.2) is 24.2 Å². The lowest BCUT2D eigenvalue weighted by atomic mass is 9.82. The van der Waals surface area contributed by atoms with Crippen molar-refractivity contribution in [2.24, 2.45) is 5.92 Å². The van der Waals surface area contributed by atoms with Gasteiger partial charge >= 0.3 is 5.97 Å². The van der Waals surface area contributed by atoms with E-state index in [1.54, 1.807) is 0 Å². The van der Waals surface area contributed by atoms with Crippen LogP contribution >= 0.6 is 0 Å². The number of hydrogen-bond acceptors (Lipinski definition) is 3. The minimum absolute atomic E-state index is 0.100. The van der Waals surface area contributed by atoms with Crippen molar-refractivity contribution in [3.05, 3.63) is 30.1 Å². The normalized spacial score (nSPS) is 27.2. The summed E-state index contributed by atoms with van der Waals surface area (Å²) in [5.41, 5.74) is 0. The molecule has 0 bridgehead atoms. The maximum atomic E-state index is 12.9. The van der Waals surface area contributed by atoms with Crippen molar-refractivity contribution in [2.45, 2.75) is 42.2 Å². The third-order valence-electron chi connectivity index (χ3n) is 4.11. The van der Waals surface area contributed by atoms with Gasteiger partial charge in [0.2, 0.25) is 0 Å². The molecule has 0 radical (unpaired) electrons. The van der Waals surface area contributed by atoms with E-state index in [0.29, 0.717) is 18.8 Å². The molecule has 1 aromatic rings. The predicted molar refractivity (Wildman–Crippen MR) is 71.6 cm³/mol. The predicted octanol–water partition coefficient (Wildman–Crippen LogP) is 2.63. The lowest BCUT2D eigenvalue weighted by Crippen LogP contribution is -2.48. The van der Waals surface area contributed by atoms with Gasteiger partial charge in [-0.1, -0.05) is 6.92 Å². The molecule has 6 heteroatoms. The number of aliphatic carboxylic acids is 1. The van der Waals surface area contributed by atoms with Crippen LogP contribution in [0, 0.1) is 11.7 Å². The van der Waals surface area contributed by atoms with Crippen molar-refractivity contribution in [3.8, 4) is 0 Å². The smallest absolute Gasteiger partial charge is 0.325 e. The maximum absolute atomic E-state index is 12.9. The lowest BCUT2D eigenvalue weighted by molar-refractivity contribution is -0.141. The second-order valence-corrected chi connectivity index (χ2v) is 7.70. The highest BCUT2D eigenvalue weighted by atomic mass is 32.2. The van der Waals surface area contributed by atoms with E-state index in [0.717, 1.165) is 24.3 Å². The van der Waals surface area contributed by atoms with E-state index >= 15 is 0 Å². The first-order valence-corrected chi connectivity index (χ1v) is 8.01. The summed E-state index contributed by atoms with van der Waals surface area (Å²) >= 11 is 0. The molecule has 1 saturated carbocycles. The van der Waals surface area contributed by atoms with Crippen LogP contribution in [0.2, 0.25) is 0 Å². The number of sulfone groups is 1. The monoisotopic (exact) mass is 300 g/mol.